The zero-order valence-electron chi connectivity index (χ0n) is 20.5. The molecule has 0 saturated heterocycles. The van der Waals surface area contributed by atoms with E-state index in [1.807, 2.05) is 13.8 Å². The average Bonchev–Trinajstić information content (AvgIpc) is 3.26. The normalized spacial score (nSPS) is 14.6. The molecule has 0 aliphatic heterocycles. The van der Waals surface area contributed by atoms with Crippen molar-refractivity contribution in [2.45, 2.75) is 77.5 Å². The topological polar surface area (TPSA) is 222 Å². The number of imidazole rings is 1. The molecule has 4 atom stereocenters. The molecule has 35 heavy (non-hydrogen) atoms. The summed E-state index contributed by atoms with van der Waals surface area (Å²) in [5.41, 5.74) is 11.4. The molecule has 0 fully saturated rings. The molecule has 0 bridgehead atoms. The number of aliphatic carboxylic acids is 1. The summed E-state index contributed by atoms with van der Waals surface area (Å²) in [7, 11) is 0. The van der Waals surface area contributed by atoms with E-state index in [1.165, 1.54) is 12.5 Å². The molecular formula is C22H37N7O6. The Hall–Kier alpha value is -3.48. The van der Waals surface area contributed by atoms with E-state index in [0.29, 0.717) is 5.69 Å². The van der Waals surface area contributed by atoms with Crippen molar-refractivity contribution in [1.29, 1.82) is 0 Å². The maximum Gasteiger partial charge on any atom is 0.326 e. The van der Waals surface area contributed by atoms with Crippen molar-refractivity contribution in [1.82, 2.24) is 25.9 Å². The third-order valence-electron chi connectivity index (χ3n) is 5.22. The number of hydrogen-bond acceptors (Lipinski definition) is 7. The third kappa shape index (κ3) is 10.5. The first kappa shape index (κ1) is 29.6. The molecule has 0 saturated carbocycles. The molecule has 9 N–H and O–H groups in total. The summed E-state index contributed by atoms with van der Waals surface area (Å²) >= 11 is 0. The number of nitrogens with one attached hydrogen (secondary N) is 4. The fraction of sp³-hybridized carbons (Fsp3) is 0.636. The second-order valence-electron chi connectivity index (χ2n) is 9.21. The Morgan fingerprint density at radius 1 is 1.00 bits per heavy atom. The second kappa shape index (κ2) is 14.0. The Morgan fingerprint density at radius 2 is 1.63 bits per heavy atom. The summed E-state index contributed by atoms with van der Waals surface area (Å²) in [5.74, 6) is -4.10. The smallest absolute Gasteiger partial charge is 0.326 e. The zero-order chi connectivity index (χ0) is 26.7. The Kier molecular flexibility index (Phi) is 11.9. The van der Waals surface area contributed by atoms with Gasteiger partial charge in [0.05, 0.1) is 12.4 Å². The van der Waals surface area contributed by atoms with E-state index in [4.69, 9.17) is 11.5 Å². The van der Waals surface area contributed by atoms with Crippen molar-refractivity contribution < 1.29 is 29.1 Å². The highest BCUT2D eigenvalue weighted by molar-refractivity contribution is 5.94. The van der Waals surface area contributed by atoms with Crippen LogP contribution >= 0.6 is 0 Å². The van der Waals surface area contributed by atoms with Crippen molar-refractivity contribution in [2.24, 2.45) is 23.3 Å². The molecule has 4 unspecified atom stereocenters. The number of aromatic nitrogens is 2. The van der Waals surface area contributed by atoms with Gasteiger partial charge in [-0.1, -0.05) is 27.7 Å². The maximum atomic E-state index is 13.0. The van der Waals surface area contributed by atoms with Gasteiger partial charge in [-0.2, -0.15) is 0 Å². The zero-order valence-corrected chi connectivity index (χ0v) is 20.5. The van der Waals surface area contributed by atoms with Gasteiger partial charge < -0.3 is 37.5 Å². The molecule has 0 aliphatic carbocycles. The number of amides is 4. The summed E-state index contributed by atoms with van der Waals surface area (Å²) in [6.07, 6.45) is 3.06. The van der Waals surface area contributed by atoms with E-state index in [2.05, 4.69) is 25.9 Å². The van der Waals surface area contributed by atoms with Gasteiger partial charge in [0.1, 0.15) is 18.1 Å². The molecule has 0 aromatic carbocycles. The molecule has 0 spiro atoms. The van der Waals surface area contributed by atoms with Crippen LogP contribution in [-0.2, 0) is 30.4 Å². The van der Waals surface area contributed by atoms with E-state index in [0.717, 1.165) is 0 Å². The monoisotopic (exact) mass is 495 g/mol. The SMILES string of the molecule is CC(C)CC(NC(=O)C(N)CCC(N)=O)C(=O)NC(C(=O)NC(Cc1cnc[nH]1)C(=O)O)C(C)C. The first-order valence-electron chi connectivity index (χ1n) is 11.5. The Morgan fingerprint density at radius 3 is 2.11 bits per heavy atom. The number of carboxylic acid groups (broad SMARTS) is 1. The van der Waals surface area contributed by atoms with E-state index in [-0.39, 0.29) is 37.5 Å². The van der Waals surface area contributed by atoms with Gasteiger partial charge in [0.15, 0.2) is 0 Å². The summed E-state index contributed by atoms with van der Waals surface area (Å²) in [4.78, 5) is 67.7. The molecule has 1 aromatic heterocycles. The van der Waals surface area contributed by atoms with Crippen LogP contribution in [0.5, 0.6) is 0 Å². The number of rotatable bonds is 15. The number of hydrogen-bond donors (Lipinski definition) is 7. The summed E-state index contributed by atoms with van der Waals surface area (Å²) in [6.45, 7) is 7.12. The van der Waals surface area contributed by atoms with E-state index in [9.17, 15) is 29.1 Å². The first-order valence-corrected chi connectivity index (χ1v) is 11.5. The Balaban J connectivity index is 2.91. The van der Waals surface area contributed by atoms with Crippen molar-refractivity contribution in [2.75, 3.05) is 0 Å². The van der Waals surface area contributed by atoms with Crippen LogP contribution in [-0.4, -0.2) is 68.8 Å². The molecule has 196 valence electrons. The second-order valence-corrected chi connectivity index (χ2v) is 9.21. The van der Waals surface area contributed by atoms with Crippen molar-refractivity contribution in [3.05, 3.63) is 18.2 Å². The van der Waals surface area contributed by atoms with Crippen LogP contribution in [0, 0.1) is 11.8 Å². The number of aromatic amines is 1. The third-order valence-corrected chi connectivity index (χ3v) is 5.22. The summed E-state index contributed by atoms with van der Waals surface area (Å²) in [5, 5.41) is 17.2. The summed E-state index contributed by atoms with van der Waals surface area (Å²) < 4.78 is 0. The van der Waals surface area contributed by atoms with Crippen LogP contribution in [0.3, 0.4) is 0 Å². The highest BCUT2D eigenvalue weighted by atomic mass is 16.4. The number of nitrogens with zero attached hydrogens (tertiary/aromatic N) is 1. The lowest BCUT2D eigenvalue weighted by molar-refractivity contribution is -0.142. The fourth-order valence-electron chi connectivity index (χ4n) is 3.28. The van der Waals surface area contributed by atoms with Crippen LogP contribution in [0.2, 0.25) is 0 Å². The standard InChI is InChI=1S/C22H37N7O6/c1-11(2)7-15(27-19(31)14(23)5-6-17(24)30)20(32)29-18(12(3)4)21(33)28-16(22(34)35)8-13-9-25-10-26-13/h9-12,14-16,18H,5-8,23H2,1-4H3,(H2,24,30)(H,25,26)(H,27,31)(H,28,33)(H,29,32)(H,34,35). The molecule has 1 rings (SSSR count). The lowest BCUT2D eigenvalue weighted by Crippen LogP contribution is -2.58. The highest BCUT2D eigenvalue weighted by Gasteiger charge is 2.32. The number of primary amides is 1. The van der Waals surface area contributed by atoms with Gasteiger partial charge in [-0.3, -0.25) is 19.2 Å². The molecule has 4 amide bonds. The quantitative estimate of drug-likeness (QED) is 0.156. The lowest BCUT2D eigenvalue weighted by Gasteiger charge is -2.27. The number of carboxylic acids is 1. The largest absolute Gasteiger partial charge is 0.480 e. The first-order chi connectivity index (χ1) is 16.3. The van der Waals surface area contributed by atoms with Gasteiger partial charge in [0.2, 0.25) is 23.6 Å². The molecule has 1 heterocycles. The predicted octanol–water partition coefficient (Wildman–Crippen LogP) is -1.21. The Bertz CT molecular complexity index is 872. The number of carbonyl (C=O) groups excluding carboxylic acids is 4. The highest BCUT2D eigenvalue weighted by Crippen LogP contribution is 2.10. The van der Waals surface area contributed by atoms with Gasteiger partial charge in [0, 0.05) is 24.7 Å². The van der Waals surface area contributed by atoms with Crippen LogP contribution in [0.15, 0.2) is 12.5 Å². The number of carbonyl (C=O) groups is 5. The molecule has 0 aliphatic rings. The van der Waals surface area contributed by atoms with Gasteiger partial charge in [-0.25, -0.2) is 9.78 Å². The summed E-state index contributed by atoms with van der Waals surface area (Å²) in [6, 6.07) is -4.32. The van der Waals surface area contributed by atoms with E-state index in [1.54, 1.807) is 13.8 Å². The van der Waals surface area contributed by atoms with Crippen LogP contribution in [0.25, 0.3) is 0 Å². The van der Waals surface area contributed by atoms with Gasteiger partial charge >= 0.3 is 5.97 Å². The van der Waals surface area contributed by atoms with Crippen LogP contribution < -0.4 is 27.4 Å². The van der Waals surface area contributed by atoms with Crippen molar-refractivity contribution in [3.63, 3.8) is 0 Å². The molecule has 13 nitrogen and oxygen atoms in total. The molecule has 0 radical (unpaired) electrons. The molecular weight excluding hydrogens is 458 g/mol. The van der Waals surface area contributed by atoms with Gasteiger partial charge in [0.25, 0.3) is 0 Å². The number of H-pyrrole nitrogens is 1. The minimum atomic E-state index is -1.24. The van der Waals surface area contributed by atoms with Crippen LogP contribution in [0.1, 0.15) is 52.7 Å². The van der Waals surface area contributed by atoms with Crippen molar-refractivity contribution in [3.8, 4) is 0 Å². The number of nitrogens with two attached hydrogens (primary N) is 2. The lowest BCUT2D eigenvalue weighted by atomic mass is 9.99. The predicted molar refractivity (Wildman–Crippen MR) is 126 cm³/mol. The van der Waals surface area contributed by atoms with Crippen molar-refractivity contribution >= 4 is 29.6 Å². The van der Waals surface area contributed by atoms with E-state index >= 15 is 0 Å². The molecule has 13 heteroatoms. The van der Waals surface area contributed by atoms with Crippen LogP contribution in [0.4, 0.5) is 0 Å². The van der Waals surface area contributed by atoms with E-state index < -0.39 is 53.8 Å². The average molecular weight is 496 g/mol. The Labute approximate surface area is 204 Å². The van der Waals surface area contributed by atoms with Gasteiger partial charge in [-0.15, -0.1) is 0 Å². The van der Waals surface area contributed by atoms with Gasteiger partial charge in [-0.05, 0) is 24.7 Å². The maximum absolute atomic E-state index is 13.0. The minimum Gasteiger partial charge on any atom is -0.480 e. The minimum absolute atomic E-state index is 0.0185. The molecule has 1 aromatic rings. The fourth-order valence-corrected chi connectivity index (χ4v) is 3.28.